The van der Waals surface area contributed by atoms with Gasteiger partial charge in [0.2, 0.25) is 0 Å². The van der Waals surface area contributed by atoms with E-state index in [-0.39, 0.29) is 0 Å². The highest BCUT2D eigenvalue weighted by Gasteiger charge is 2.28. The molecule has 1 fully saturated rings. The van der Waals surface area contributed by atoms with Gasteiger partial charge in [-0.15, -0.1) is 0 Å². The van der Waals surface area contributed by atoms with E-state index in [0.717, 1.165) is 18.4 Å². The first-order chi connectivity index (χ1) is 8.16. The highest BCUT2D eigenvalue weighted by molar-refractivity contribution is 4.86. The molecule has 1 aromatic rings. The van der Waals surface area contributed by atoms with Crippen LogP contribution in [0.25, 0.3) is 0 Å². The van der Waals surface area contributed by atoms with Gasteiger partial charge in [0.25, 0.3) is 0 Å². The van der Waals surface area contributed by atoms with E-state index in [2.05, 4.69) is 35.6 Å². The normalized spacial score (nSPS) is 31.4. The lowest BCUT2D eigenvalue weighted by Gasteiger charge is -2.37. The molecule has 17 heavy (non-hydrogen) atoms. The van der Waals surface area contributed by atoms with Gasteiger partial charge in [-0.2, -0.15) is 0 Å². The molecule has 2 rings (SSSR count). The average Bonchev–Trinajstić information content (AvgIpc) is 2.76. The summed E-state index contributed by atoms with van der Waals surface area (Å²) in [5, 5.41) is 3.81. The number of hydrogen-bond acceptors (Lipinski definition) is 2. The third-order valence-electron chi connectivity index (χ3n) is 4.07. The molecular weight excluding hydrogens is 210 g/mol. The van der Waals surface area contributed by atoms with Crippen LogP contribution in [0.1, 0.15) is 40.0 Å². The molecule has 0 bridgehead atoms. The van der Waals surface area contributed by atoms with Crippen LogP contribution in [0.3, 0.4) is 0 Å². The monoisotopic (exact) mass is 235 g/mol. The summed E-state index contributed by atoms with van der Waals surface area (Å²) < 4.78 is 2.15. The van der Waals surface area contributed by atoms with Crippen LogP contribution in [-0.2, 0) is 6.54 Å². The molecule has 1 heterocycles. The number of nitrogens with zero attached hydrogens (tertiary/aromatic N) is 2. The molecule has 1 aliphatic rings. The minimum absolute atomic E-state index is 0.511. The lowest BCUT2D eigenvalue weighted by atomic mass is 9.78. The maximum atomic E-state index is 4.09. The largest absolute Gasteiger partial charge is 0.336 e. The molecule has 1 saturated carbocycles. The molecule has 0 aromatic carbocycles. The van der Waals surface area contributed by atoms with Crippen molar-refractivity contribution in [1.29, 1.82) is 0 Å². The van der Waals surface area contributed by atoms with E-state index in [9.17, 15) is 0 Å². The van der Waals surface area contributed by atoms with Crippen LogP contribution in [0, 0.1) is 11.8 Å². The molecule has 3 unspecified atom stereocenters. The van der Waals surface area contributed by atoms with E-state index in [0.29, 0.717) is 12.1 Å². The maximum Gasteiger partial charge on any atom is 0.0946 e. The second-order valence-corrected chi connectivity index (χ2v) is 5.74. The first-order valence-electron chi connectivity index (χ1n) is 6.88. The molecule has 3 nitrogen and oxygen atoms in total. The summed E-state index contributed by atoms with van der Waals surface area (Å²) in [6.07, 6.45) is 9.92. The molecule has 3 atom stereocenters. The quantitative estimate of drug-likeness (QED) is 0.869. The van der Waals surface area contributed by atoms with E-state index in [4.69, 9.17) is 0 Å². The number of aromatic nitrogens is 2. The van der Waals surface area contributed by atoms with E-state index in [1.165, 1.54) is 19.3 Å². The number of hydrogen-bond donors (Lipinski definition) is 1. The average molecular weight is 235 g/mol. The fourth-order valence-corrected chi connectivity index (χ4v) is 3.10. The van der Waals surface area contributed by atoms with E-state index in [1.54, 1.807) is 0 Å². The smallest absolute Gasteiger partial charge is 0.0946 e. The van der Waals surface area contributed by atoms with Gasteiger partial charge in [0.05, 0.1) is 6.33 Å². The zero-order chi connectivity index (χ0) is 12.3. The van der Waals surface area contributed by atoms with Gasteiger partial charge < -0.3 is 9.88 Å². The van der Waals surface area contributed by atoms with Gasteiger partial charge >= 0.3 is 0 Å². The van der Waals surface area contributed by atoms with Crippen molar-refractivity contribution in [3.63, 3.8) is 0 Å². The van der Waals surface area contributed by atoms with Crippen LogP contribution < -0.4 is 5.32 Å². The van der Waals surface area contributed by atoms with Gasteiger partial charge in [-0.3, -0.25) is 0 Å². The van der Waals surface area contributed by atoms with Crippen LogP contribution in [0.4, 0.5) is 0 Å². The Morgan fingerprint density at radius 1 is 1.35 bits per heavy atom. The van der Waals surface area contributed by atoms with Crippen LogP contribution in [-0.4, -0.2) is 21.6 Å². The molecule has 0 radical (unpaired) electrons. The maximum absolute atomic E-state index is 4.09. The van der Waals surface area contributed by atoms with Gasteiger partial charge in [0.15, 0.2) is 0 Å². The Morgan fingerprint density at radius 3 is 2.65 bits per heavy atom. The van der Waals surface area contributed by atoms with Crippen LogP contribution in [0.15, 0.2) is 18.7 Å². The zero-order valence-corrected chi connectivity index (χ0v) is 11.3. The molecule has 0 amide bonds. The summed E-state index contributed by atoms with van der Waals surface area (Å²) >= 11 is 0. The van der Waals surface area contributed by atoms with Gasteiger partial charge in [-0.05, 0) is 31.6 Å². The zero-order valence-electron chi connectivity index (χ0n) is 11.3. The first-order valence-corrected chi connectivity index (χ1v) is 6.88. The van der Waals surface area contributed by atoms with E-state index in [1.807, 2.05) is 18.7 Å². The number of imidazole rings is 1. The molecule has 96 valence electrons. The summed E-state index contributed by atoms with van der Waals surface area (Å²) in [5.41, 5.74) is 0. The van der Waals surface area contributed by atoms with Gasteiger partial charge in [-0.25, -0.2) is 4.98 Å². The Labute approximate surface area is 105 Å². The summed E-state index contributed by atoms with van der Waals surface area (Å²) in [4.78, 5) is 4.09. The second kappa shape index (κ2) is 5.67. The standard InChI is InChI=1S/C14H25N3/c1-11-5-4-6-12(2)14(11)16-13(3)9-17-8-7-15-10-17/h7-8,10-14,16H,4-6,9H2,1-3H3. The van der Waals surface area contributed by atoms with E-state index < -0.39 is 0 Å². The SMILES string of the molecule is CC(Cn1ccnc1)NC1C(C)CCCC1C. The minimum Gasteiger partial charge on any atom is -0.336 e. The van der Waals surface area contributed by atoms with Gasteiger partial charge in [0, 0.05) is 31.0 Å². The molecule has 1 aliphatic carbocycles. The fourth-order valence-electron chi connectivity index (χ4n) is 3.10. The summed E-state index contributed by atoms with van der Waals surface area (Å²) in [5.74, 6) is 1.62. The van der Waals surface area contributed by atoms with Crippen molar-refractivity contribution in [3.8, 4) is 0 Å². The molecular formula is C14H25N3. The minimum atomic E-state index is 0.511. The highest BCUT2D eigenvalue weighted by Crippen LogP contribution is 2.29. The van der Waals surface area contributed by atoms with Crippen molar-refractivity contribution < 1.29 is 0 Å². The van der Waals surface area contributed by atoms with Crippen molar-refractivity contribution in [3.05, 3.63) is 18.7 Å². The van der Waals surface area contributed by atoms with Crippen LogP contribution in [0.2, 0.25) is 0 Å². The third-order valence-corrected chi connectivity index (χ3v) is 4.07. The van der Waals surface area contributed by atoms with Gasteiger partial charge in [0.1, 0.15) is 0 Å². The molecule has 3 heteroatoms. The number of nitrogens with one attached hydrogen (secondary N) is 1. The molecule has 0 saturated heterocycles. The van der Waals surface area contributed by atoms with E-state index >= 15 is 0 Å². The Kier molecular flexibility index (Phi) is 4.21. The molecule has 0 spiro atoms. The van der Waals surface area contributed by atoms with Crippen molar-refractivity contribution in [2.45, 2.75) is 58.7 Å². The summed E-state index contributed by atoms with van der Waals surface area (Å²) in [6, 6.07) is 1.19. The van der Waals surface area contributed by atoms with Crippen molar-refractivity contribution in [2.75, 3.05) is 0 Å². The number of rotatable bonds is 4. The lowest BCUT2D eigenvalue weighted by molar-refractivity contribution is 0.191. The topological polar surface area (TPSA) is 29.9 Å². The summed E-state index contributed by atoms with van der Waals surface area (Å²) in [7, 11) is 0. The molecule has 1 N–H and O–H groups in total. The Balaban J connectivity index is 1.86. The summed E-state index contributed by atoms with van der Waals surface area (Å²) in [6.45, 7) is 8.05. The second-order valence-electron chi connectivity index (χ2n) is 5.74. The lowest BCUT2D eigenvalue weighted by Crippen LogP contribution is -2.47. The fraction of sp³-hybridized carbons (Fsp3) is 0.786. The van der Waals surface area contributed by atoms with Crippen molar-refractivity contribution in [1.82, 2.24) is 14.9 Å². The third kappa shape index (κ3) is 3.32. The van der Waals surface area contributed by atoms with Crippen molar-refractivity contribution >= 4 is 0 Å². The molecule has 0 aliphatic heterocycles. The Bertz CT molecular complexity index is 310. The van der Waals surface area contributed by atoms with Crippen LogP contribution >= 0.6 is 0 Å². The Hall–Kier alpha value is -0.830. The van der Waals surface area contributed by atoms with Crippen LogP contribution in [0.5, 0.6) is 0 Å². The predicted molar refractivity (Wildman–Crippen MR) is 70.8 cm³/mol. The highest BCUT2D eigenvalue weighted by atomic mass is 15.1. The Morgan fingerprint density at radius 2 is 2.06 bits per heavy atom. The predicted octanol–water partition coefficient (Wildman–Crippen LogP) is 2.69. The van der Waals surface area contributed by atoms with Gasteiger partial charge in [-0.1, -0.05) is 20.3 Å². The molecule has 1 aromatic heterocycles. The van der Waals surface area contributed by atoms with Crippen molar-refractivity contribution in [2.24, 2.45) is 11.8 Å². The first kappa shape index (κ1) is 12.6.